The quantitative estimate of drug-likeness (QED) is 0.533. The van der Waals surface area contributed by atoms with E-state index in [0.717, 1.165) is 5.56 Å². The first kappa shape index (κ1) is 10.7. The maximum atomic E-state index is 12.5. The summed E-state index contributed by atoms with van der Waals surface area (Å²) in [7, 11) is 0. The number of hydrogen-bond acceptors (Lipinski definition) is 2. The van der Waals surface area contributed by atoms with Crippen LogP contribution in [0.25, 0.3) is 0 Å². The maximum Gasteiger partial charge on any atom is 0.142 e. The van der Waals surface area contributed by atoms with Crippen molar-refractivity contribution < 1.29 is 9.23 Å². The van der Waals surface area contributed by atoms with Gasteiger partial charge in [0.25, 0.3) is 0 Å². The highest BCUT2D eigenvalue weighted by molar-refractivity contribution is 5.58. The monoisotopic (exact) mass is 194 g/mol. The minimum atomic E-state index is -0.244. The summed E-state index contributed by atoms with van der Waals surface area (Å²) in [4.78, 5) is 4.96. The van der Waals surface area contributed by atoms with Crippen LogP contribution in [0.1, 0.15) is 19.4 Å². The van der Waals surface area contributed by atoms with Crippen molar-refractivity contribution in [3.05, 3.63) is 35.6 Å². The van der Waals surface area contributed by atoms with Crippen molar-refractivity contribution in [1.82, 2.24) is 0 Å². The van der Waals surface area contributed by atoms with Crippen molar-refractivity contribution in [2.75, 3.05) is 0 Å². The van der Waals surface area contributed by atoms with Crippen LogP contribution in [-0.2, 0) is 11.4 Å². The summed E-state index contributed by atoms with van der Waals surface area (Å²) in [6.45, 7) is 4.27. The Hall–Kier alpha value is -1.38. The molecule has 0 spiro atoms. The van der Waals surface area contributed by atoms with Gasteiger partial charge in [-0.1, -0.05) is 31.1 Å². The zero-order chi connectivity index (χ0) is 10.4. The van der Waals surface area contributed by atoms with Crippen LogP contribution in [0.15, 0.2) is 29.4 Å². The van der Waals surface area contributed by atoms with E-state index < -0.39 is 0 Å². The molecule has 1 aromatic rings. The van der Waals surface area contributed by atoms with E-state index in [9.17, 15) is 4.39 Å². The molecule has 0 atom stereocenters. The molecule has 2 nitrogen and oxygen atoms in total. The normalized spacial score (nSPS) is 11.1. The zero-order valence-electron chi connectivity index (χ0n) is 8.33. The lowest BCUT2D eigenvalue weighted by atomic mass is 10.2. The largest absolute Gasteiger partial charge is 0.391 e. The molecule has 0 aliphatic rings. The van der Waals surface area contributed by atoms with Gasteiger partial charge in [-0.15, -0.1) is 0 Å². The minimum Gasteiger partial charge on any atom is -0.391 e. The van der Waals surface area contributed by atoms with E-state index in [1.54, 1.807) is 12.1 Å². The lowest BCUT2D eigenvalue weighted by Gasteiger charge is -1.99. The molecule has 75 valence electrons. The highest BCUT2D eigenvalue weighted by Gasteiger charge is 1.93. The number of rotatable bonds is 4. The van der Waals surface area contributed by atoms with Crippen LogP contribution in [0.5, 0.6) is 0 Å². The van der Waals surface area contributed by atoms with E-state index in [-0.39, 0.29) is 11.7 Å². The van der Waals surface area contributed by atoms with E-state index in [1.807, 2.05) is 13.8 Å². The fourth-order valence-electron chi connectivity index (χ4n) is 0.830. The third-order valence-corrected chi connectivity index (χ3v) is 1.52. The maximum absolute atomic E-state index is 12.5. The Morgan fingerprint density at radius 2 is 2.00 bits per heavy atom. The van der Waals surface area contributed by atoms with Gasteiger partial charge < -0.3 is 4.84 Å². The predicted octanol–water partition coefficient (Wildman–Crippen LogP) is 2.86. The molecule has 0 saturated heterocycles. The molecular formula is C11H13FNO. The van der Waals surface area contributed by atoms with Crippen molar-refractivity contribution in [3.8, 4) is 0 Å². The third-order valence-electron chi connectivity index (χ3n) is 1.52. The lowest BCUT2D eigenvalue weighted by Crippen LogP contribution is -1.91. The number of nitrogens with zero attached hydrogens (tertiary/aromatic N) is 1. The van der Waals surface area contributed by atoms with Crippen LogP contribution >= 0.6 is 0 Å². The number of benzene rings is 1. The zero-order valence-corrected chi connectivity index (χ0v) is 8.33. The average Bonchev–Trinajstić information content (AvgIpc) is 2.15. The minimum absolute atomic E-state index is 0.244. The molecule has 0 aliphatic carbocycles. The first-order valence-corrected chi connectivity index (χ1v) is 4.50. The Morgan fingerprint density at radius 3 is 2.57 bits per heavy atom. The Labute approximate surface area is 83.4 Å². The van der Waals surface area contributed by atoms with E-state index in [4.69, 9.17) is 4.84 Å². The average molecular weight is 194 g/mol. The second-order valence-corrected chi connectivity index (χ2v) is 3.27. The SMILES string of the molecule is CC(C)/[C]=N\OCc1ccc(F)cc1. The molecule has 1 radical (unpaired) electrons. The van der Waals surface area contributed by atoms with Crippen LogP contribution in [0.3, 0.4) is 0 Å². The number of halogens is 1. The summed E-state index contributed by atoms with van der Waals surface area (Å²) in [5.74, 6) is 0.00853. The highest BCUT2D eigenvalue weighted by atomic mass is 19.1. The Kier molecular flexibility index (Phi) is 4.11. The molecule has 0 aliphatic heterocycles. The van der Waals surface area contributed by atoms with Gasteiger partial charge in [0.1, 0.15) is 18.6 Å². The van der Waals surface area contributed by atoms with E-state index in [1.165, 1.54) is 12.1 Å². The molecule has 0 aromatic heterocycles. The Balaban J connectivity index is 2.35. The summed E-state index contributed by atoms with van der Waals surface area (Å²) in [6.07, 6.45) is 2.76. The first-order valence-electron chi connectivity index (χ1n) is 4.50. The van der Waals surface area contributed by atoms with E-state index in [2.05, 4.69) is 11.4 Å². The molecule has 0 bridgehead atoms. The summed E-state index contributed by atoms with van der Waals surface area (Å²) in [5, 5.41) is 3.64. The predicted molar refractivity (Wildman–Crippen MR) is 53.5 cm³/mol. The van der Waals surface area contributed by atoms with Crippen molar-refractivity contribution in [3.63, 3.8) is 0 Å². The molecule has 0 saturated carbocycles. The molecule has 0 fully saturated rings. The van der Waals surface area contributed by atoms with Gasteiger partial charge in [-0.25, -0.2) is 4.39 Å². The van der Waals surface area contributed by atoms with Crippen LogP contribution in [-0.4, -0.2) is 6.21 Å². The molecule has 0 heterocycles. The standard InChI is InChI=1S/C11H13FNO/c1-9(2)7-13-14-8-10-3-5-11(12)6-4-10/h3-6,9H,8H2,1-2H3. The van der Waals surface area contributed by atoms with Gasteiger partial charge in [0.05, 0.1) is 0 Å². The van der Waals surface area contributed by atoms with E-state index >= 15 is 0 Å². The molecular weight excluding hydrogens is 181 g/mol. The van der Waals surface area contributed by atoms with Crippen molar-refractivity contribution >= 4 is 6.21 Å². The molecule has 0 amide bonds. The first-order chi connectivity index (χ1) is 6.68. The summed E-state index contributed by atoms with van der Waals surface area (Å²) in [5.41, 5.74) is 0.890. The fourth-order valence-corrected chi connectivity index (χ4v) is 0.830. The number of hydrogen-bond donors (Lipinski definition) is 0. The van der Waals surface area contributed by atoms with Gasteiger partial charge in [-0.05, 0) is 17.7 Å². The third kappa shape index (κ3) is 4.03. The summed E-state index contributed by atoms with van der Waals surface area (Å²) in [6, 6.07) is 6.13. The fraction of sp³-hybridized carbons (Fsp3) is 0.364. The van der Waals surface area contributed by atoms with Gasteiger partial charge in [0, 0.05) is 5.92 Å². The molecule has 3 heteroatoms. The lowest BCUT2D eigenvalue weighted by molar-refractivity contribution is 0.131. The van der Waals surface area contributed by atoms with Crippen LogP contribution in [0.4, 0.5) is 4.39 Å². The second kappa shape index (κ2) is 5.37. The smallest absolute Gasteiger partial charge is 0.142 e. The van der Waals surface area contributed by atoms with Crippen LogP contribution in [0.2, 0.25) is 0 Å². The molecule has 0 unspecified atom stereocenters. The Morgan fingerprint density at radius 1 is 1.36 bits per heavy atom. The highest BCUT2D eigenvalue weighted by Crippen LogP contribution is 2.04. The van der Waals surface area contributed by atoms with Gasteiger partial charge in [-0.2, -0.15) is 0 Å². The summed E-state index contributed by atoms with van der Waals surface area (Å²) >= 11 is 0. The van der Waals surface area contributed by atoms with E-state index in [0.29, 0.717) is 6.61 Å². The van der Waals surface area contributed by atoms with Gasteiger partial charge in [-0.3, -0.25) is 0 Å². The van der Waals surface area contributed by atoms with Crippen molar-refractivity contribution in [2.24, 2.45) is 11.1 Å². The summed E-state index contributed by atoms with van der Waals surface area (Å²) < 4.78 is 12.5. The van der Waals surface area contributed by atoms with Crippen LogP contribution < -0.4 is 0 Å². The van der Waals surface area contributed by atoms with Crippen molar-refractivity contribution in [1.29, 1.82) is 0 Å². The van der Waals surface area contributed by atoms with Gasteiger partial charge in [0.2, 0.25) is 0 Å². The molecule has 1 rings (SSSR count). The molecule has 1 aromatic carbocycles. The van der Waals surface area contributed by atoms with Gasteiger partial charge >= 0.3 is 0 Å². The molecule has 14 heavy (non-hydrogen) atoms. The van der Waals surface area contributed by atoms with Crippen molar-refractivity contribution in [2.45, 2.75) is 20.5 Å². The van der Waals surface area contributed by atoms with Gasteiger partial charge in [0.15, 0.2) is 0 Å². The molecule has 0 N–H and O–H groups in total. The second-order valence-electron chi connectivity index (χ2n) is 3.27. The Bertz CT molecular complexity index is 293. The topological polar surface area (TPSA) is 21.6 Å². The van der Waals surface area contributed by atoms with Crippen LogP contribution in [0, 0.1) is 11.7 Å².